The molecule has 2 rings (SSSR count). The lowest BCUT2D eigenvalue weighted by Gasteiger charge is -2.36. The number of halogens is 1. The zero-order chi connectivity index (χ0) is 10.8. The molecule has 0 bridgehead atoms. The Balaban J connectivity index is 2.06. The van der Waals surface area contributed by atoms with Crippen LogP contribution >= 0.6 is 0 Å². The number of rotatable bonds is 2. The lowest BCUT2D eigenvalue weighted by Crippen LogP contribution is -2.54. The van der Waals surface area contributed by atoms with Crippen LogP contribution in [0.15, 0.2) is 18.2 Å². The summed E-state index contributed by atoms with van der Waals surface area (Å²) in [4.78, 5) is 2.17. The van der Waals surface area contributed by atoms with Gasteiger partial charge in [0.15, 0.2) is 0 Å². The first kappa shape index (κ1) is 10.1. The maximum absolute atomic E-state index is 13.0. The molecule has 15 heavy (non-hydrogen) atoms. The van der Waals surface area contributed by atoms with Crippen molar-refractivity contribution in [3.05, 3.63) is 35.1 Å². The Morgan fingerprint density at radius 2 is 2.27 bits per heavy atom. The van der Waals surface area contributed by atoms with Crippen LogP contribution in [0.4, 0.5) is 4.39 Å². The molecule has 1 heterocycles. The van der Waals surface area contributed by atoms with Gasteiger partial charge in [-0.2, -0.15) is 5.26 Å². The first-order valence-electron chi connectivity index (χ1n) is 4.85. The van der Waals surface area contributed by atoms with Gasteiger partial charge in [0.05, 0.1) is 5.56 Å². The minimum atomic E-state index is -0.457. The molecule has 78 valence electrons. The fraction of sp³-hybridized carbons (Fsp3) is 0.364. The average Bonchev–Trinajstić information content (AvgIpc) is 2.18. The van der Waals surface area contributed by atoms with Crippen molar-refractivity contribution in [1.82, 2.24) is 4.90 Å². The van der Waals surface area contributed by atoms with E-state index in [1.165, 1.54) is 6.07 Å². The Morgan fingerprint density at radius 1 is 1.53 bits per heavy atom. The van der Waals surface area contributed by atoms with Crippen LogP contribution in [0.25, 0.3) is 0 Å². The van der Waals surface area contributed by atoms with Crippen molar-refractivity contribution < 1.29 is 4.39 Å². The Hall–Kier alpha value is -1.44. The highest BCUT2D eigenvalue weighted by Crippen LogP contribution is 2.14. The zero-order valence-electron chi connectivity index (χ0n) is 8.28. The zero-order valence-corrected chi connectivity index (χ0v) is 8.28. The van der Waals surface area contributed by atoms with E-state index >= 15 is 0 Å². The fourth-order valence-electron chi connectivity index (χ4n) is 1.75. The molecule has 2 N–H and O–H groups in total. The van der Waals surface area contributed by atoms with E-state index in [2.05, 4.69) is 4.90 Å². The number of nitrogens with zero attached hydrogens (tertiary/aromatic N) is 2. The number of nitrogens with two attached hydrogens (primary N) is 1. The first-order valence-corrected chi connectivity index (χ1v) is 4.85. The standard InChI is InChI=1S/C11H12FN3/c12-11-2-1-8(3-9(11)4-13)5-15-6-10(14)7-15/h1-3,10H,5-7,14H2. The molecule has 0 radical (unpaired) electrons. The second kappa shape index (κ2) is 3.97. The Bertz CT molecular complexity index is 405. The molecular formula is C11H12FN3. The van der Waals surface area contributed by atoms with Gasteiger partial charge in [0.1, 0.15) is 11.9 Å². The van der Waals surface area contributed by atoms with E-state index in [9.17, 15) is 4.39 Å². The average molecular weight is 205 g/mol. The van der Waals surface area contributed by atoms with Crippen molar-refractivity contribution in [2.75, 3.05) is 13.1 Å². The van der Waals surface area contributed by atoms with Gasteiger partial charge < -0.3 is 5.73 Å². The molecule has 0 spiro atoms. The lowest BCUT2D eigenvalue weighted by molar-refractivity contribution is 0.142. The predicted octanol–water partition coefficient (Wildman–Crippen LogP) is 0.840. The molecule has 4 heteroatoms. The molecule has 1 aromatic carbocycles. The van der Waals surface area contributed by atoms with E-state index in [4.69, 9.17) is 11.0 Å². The molecule has 1 fully saturated rings. The molecule has 0 aliphatic carbocycles. The second-order valence-corrected chi connectivity index (χ2v) is 3.88. The van der Waals surface area contributed by atoms with Gasteiger partial charge >= 0.3 is 0 Å². The molecule has 1 aliphatic rings. The third-order valence-electron chi connectivity index (χ3n) is 2.54. The molecule has 0 saturated carbocycles. The Morgan fingerprint density at radius 3 is 2.87 bits per heavy atom. The number of hydrogen-bond acceptors (Lipinski definition) is 3. The Labute approximate surface area is 87.9 Å². The number of benzene rings is 1. The van der Waals surface area contributed by atoms with E-state index in [1.807, 2.05) is 6.07 Å². The molecule has 0 amide bonds. The van der Waals surface area contributed by atoms with Crippen LogP contribution in [0, 0.1) is 17.1 Å². The highest BCUT2D eigenvalue weighted by atomic mass is 19.1. The van der Waals surface area contributed by atoms with Gasteiger partial charge in [0, 0.05) is 25.7 Å². The molecule has 0 aromatic heterocycles. The minimum absolute atomic E-state index is 0.109. The summed E-state index contributed by atoms with van der Waals surface area (Å²) in [6, 6.07) is 6.75. The van der Waals surface area contributed by atoms with Gasteiger partial charge in [-0.05, 0) is 17.7 Å². The van der Waals surface area contributed by atoms with Crippen LogP contribution in [0.1, 0.15) is 11.1 Å². The summed E-state index contributed by atoms with van der Waals surface area (Å²) in [7, 11) is 0. The van der Waals surface area contributed by atoms with Crippen LogP contribution < -0.4 is 5.73 Å². The first-order chi connectivity index (χ1) is 7.19. The highest BCUT2D eigenvalue weighted by molar-refractivity contribution is 5.34. The second-order valence-electron chi connectivity index (χ2n) is 3.88. The monoisotopic (exact) mass is 205 g/mol. The number of nitriles is 1. The molecule has 1 saturated heterocycles. The summed E-state index contributed by atoms with van der Waals surface area (Å²) in [5, 5.41) is 8.67. The topological polar surface area (TPSA) is 53.0 Å². The summed E-state index contributed by atoms with van der Waals surface area (Å²) in [5.74, 6) is -0.457. The van der Waals surface area contributed by atoms with Crippen LogP contribution in [-0.2, 0) is 6.54 Å². The van der Waals surface area contributed by atoms with Crippen LogP contribution in [-0.4, -0.2) is 24.0 Å². The van der Waals surface area contributed by atoms with E-state index in [1.54, 1.807) is 12.1 Å². The van der Waals surface area contributed by atoms with E-state index in [-0.39, 0.29) is 11.6 Å². The summed E-state index contributed by atoms with van der Waals surface area (Å²) >= 11 is 0. The molecule has 0 atom stereocenters. The highest BCUT2D eigenvalue weighted by Gasteiger charge is 2.22. The van der Waals surface area contributed by atoms with Gasteiger partial charge in [-0.15, -0.1) is 0 Å². The summed E-state index contributed by atoms with van der Waals surface area (Å²) < 4.78 is 13.0. The summed E-state index contributed by atoms with van der Waals surface area (Å²) in [6.07, 6.45) is 0. The normalized spacial score (nSPS) is 17.1. The van der Waals surface area contributed by atoms with Crippen LogP contribution in [0.2, 0.25) is 0 Å². The number of likely N-dealkylation sites (tertiary alicyclic amines) is 1. The number of hydrogen-bond donors (Lipinski definition) is 1. The van der Waals surface area contributed by atoms with Crippen molar-refractivity contribution in [2.24, 2.45) is 5.73 Å². The van der Waals surface area contributed by atoms with Crippen molar-refractivity contribution in [1.29, 1.82) is 5.26 Å². The maximum atomic E-state index is 13.0. The third-order valence-corrected chi connectivity index (χ3v) is 2.54. The van der Waals surface area contributed by atoms with Gasteiger partial charge in [0.25, 0.3) is 0 Å². The van der Waals surface area contributed by atoms with Gasteiger partial charge in [-0.25, -0.2) is 4.39 Å². The smallest absolute Gasteiger partial charge is 0.140 e. The van der Waals surface area contributed by atoms with Crippen LogP contribution in [0.3, 0.4) is 0 Å². The molecule has 1 aliphatic heterocycles. The van der Waals surface area contributed by atoms with E-state index in [0.717, 1.165) is 25.2 Å². The molecule has 3 nitrogen and oxygen atoms in total. The molecule has 1 aromatic rings. The van der Waals surface area contributed by atoms with E-state index < -0.39 is 5.82 Å². The van der Waals surface area contributed by atoms with Gasteiger partial charge in [-0.3, -0.25) is 4.90 Å². The minimum Gasteiger partial charge on any atom is -0.325 e. The van der Waals surface area contributed by atoms with Gasteiger partial charge in [0.2, 0.25) is 0 Å². The van der Waals surface area contributed by atoms with Crippen molar-refractivity contribution in [3.8, 4) is 6.07 Å². The quantitative estimate of drug-likeness (QED) is 0.778. The van der Waals surface area contributed by atoms with Crippen molar-refractivity contribution >= 4 is 0 Å². The summed E-state index contributed by atoms with van der Waals surface area (Å²) in [5.41, 5.74) is 6.72. The van der Waals surface area contributed by atoms with Gasteiger partial charge in [-0.1, -0.05) is 6.07 Å². The lowest BCUT2D eigenvalue weighted by atomic mass is 10.1. The maximum Gasteiger partial charge on any atom is 0.140 e. The summed E-state index contributed by atoms with van der Waals surface area (Å²) in [6.45, 7) is 2.49. The van der Waals surface area contributed by atoms with E-state index in [0.29, 0.717) is 0 Å². The van der Waals surface area contributed by atoms with Crippen LogP contribution in [0.5, 0.6) is 0 Å². The van der Waals surface area contributed by atoms with Crippen molar-refractivity contribution in [3.63, 3.8) is 0 Å². The third kappa shape index (κ3) is 2.14. The Kier molecular flexibility index (Phi) is 2.67. The fourth-order valence-corrected chi connectivity index (χ4v) is 1.75. The largest absolute Gasteiger partial charge is 0.325 e. The van der Waals surface area contributed by atoms with Crippen molar-refractivity contribution in [2.45, 2.75) is 12.6 Å². The predicted molar refractivity (Wildman–Crippen MR) is 54.4 cm³/mol. The molecule has 0 unspecified atom stereocenters. The molecular weight excluding hydrogens is 193 g/mol. The SMILES string of the molecule is N#Cc1cc(CN2CC(N)C2)ccc1F.